The number of ether oxygens (including phenoxy) is 1. The molecule has 0 saturated carbocycles. The van der Waals surface area contributed by atoms with Crippen molar-refractivity contribution in [3.05, 3.63) is 82.1 Å². The van der Waals surface area contributed by atoms with Gasteiger partial charge in [-0.1, -0.05) is 48.0 Å². The van der Waals surface area contributed by atoms with Gasteiger partial charge in [0.25, 0.3) is 0 Å². The summed E-state index contributed by atoms with van der Waals surface area (Å²) in [5, 5.41) is 7.54. The Morgan fingerprint density at radius 2 is 1.74 bits per heavy atom. The fraction of sp³-hybridized carbons (Fsp3) is 0.190. The van der Waals surface area contributed by atoms with Crippen LogP contribution < -0.4 is 4.74 Å². The largest absolute Gasteiger partial charge is 0.486 e. The van der Waals surface area contributed by atoms with Crippen LogP contribution in [-0.2, 0) is 13.2 Å². The Kier molecular flexibility index (Phi) is 4.98. The van der Waals surface area contributed by atoms with Gasteiger partial charge in [-0.3, -0.25) is 0 Å². The molecule has 5 nitrogen and oxygen atoms in total. The average Bonchev–Trinajstić information content (AvgIpc) is 3.28. The number of hydrogen-bond donors (Lipinski definition) is 0. The number of aryl methyl sites for hydroxylation is 2. The molecule has 4 rings (SSSR count). The van der Waals surface area contributed by atoms with Gasteiger partial charge in [0.15, 0.2) is 5.82 Å². The van der Waals surface area contributed by atoms with Crippen LogP contribution in [0.3, 0.4) is 0 Å². The first-order valence-corrected chi connectivity index (χ1v) is 9.65. The highest BCUT2D eigenvalue weighted by molar-refractivity contribution is 7.09. The lowest BCUT2D eigenvalue weighted by molar-refractivity contribution is 0.305. The predicted molar refractivity (Wildman–Crippen MR) is 107 cm³/mol. The topological polar surface area (TPSA) is 52.8 Å². The molecule has 27 heavy (non-hydrogen) atoms. The number of nitrogens with zero attached hydrogens (tertiary/aromatic N) is 4. The van der Waals surface area contributed by atoms with Crippen LogP contribution in [0.2, 0.25) is 0 Å². The Hall–Kier alpha value is -2.99. The lowest BCUT2D eigenvalue weighted by Crippen LogP contribution is -2.05. The van der Waals surface area contributed by atoms with Crippen LogP contribution in [0.15, 0.2) is 60.0 Å². The molecule has 6 heteroatoms. The van der Waals surface area contributed by atoms with E-state index in [1.54, 1.807) is 11.3 Å². The summed E-state index contributed by atoms with van der Waals surface area (Å²) in [5.74, 6) is 2.47. The van der Waals surface area contributed by atoms with Crippen molar-refractivity contribution in [2.45, 2.75) is 27.0 Å². The number of rotatable bonds is 6. The Labute approximate surface area is 162 Å². The summed E-state index contributed by atoms with van der Waals surface area (Å²) in [6.07, 6.45) is 0. The summed E-state index contributed by atoms with van der Waals surface area (Å²) in [6.45, 7) is 5.03. The van der Waals surface area contributed by atoms with Crippen molar-refractivity contribution >= 4 is 11.3 Å². The molecule has 0 amide bonds. The van der Waals surface area contributed by atoms with Crippen molar-refractivity contribution in [2.75, 3.05) is 0 Å². The maximum Gasteiger partial charge on any atom is 0.158 e. The van der Waals surface area contributed by atoms with Crippen LogP contribution >= 0.6 is 11.3 Å². The number of benzene rings is 2. The van der Waals surface area contributed by atoms with E-state index < -0.39 is 0 Å². The van der Waals surface area contributed by atoms with Gasteiger partial charge in [0.05, 0.1) is 12.2 Å². The van der Waals surface area contributed by atoms with Gasteiger partial charge in [0, 0.05) is 10.9 Å². The molecule has 0 aliphatic carbocycles. The zero-order valence-electron chi connectivity index (χ0n) is 15.3. The summed E-state index contributed by atoms with van der Waals surface area (Å²) in [6, 6.07) is 18.1. The normalized spacial score (nSPS) is 10.9. The Balaban J connectivity index is 1.46. The molecule has 0 aliphatic rings. The summed E-state index contributed by atoms with van der Waals surface area (Å²) in [5.41, 5.74) is 3.23. The third-order valence-corrected chi connectivity index (χ3v) is 4.98. The summed E-state index contributed by atoms with van der Waals surface area (Å²) >= 11 is 1.60. The second-order valence-corrected chi connectivity index (χ2v) is 7.28. The third-order valence-electron chi connectivity index (χ3n) is 4.10. The smallest absolute Gasteiger partial charge is 0.158 e. The fourth-order valence-corrected chi connectivity index (χ4v) is 3.48. The highest BCUT2D eigenvalue weighted by Gasteiger charge is 2.12. The van der Waals surface area contributed by atoms with Gasteiger partial charge in [0.1, 0.15) is 23.2 Å². The van der Waals surface area contributed by atoms with Crippen LogP contribution in [0.4, 0.5) is 0 Å². The SMILES string of the molecule is Cc1ccc(OCc2nc(Cn3nc(C)nc3-c3ccccc3)cs2)cc1. The van der Waals surface area contributed by atoms with Gasteiger partial charge in [-0.25, -0.2) is 14.6 Å². The molecule has 0 saturated heterocycles. The molecule has 2 aromatic carbocycles. The molecule has 136 valence electrons. The first kappa shape index (κ1) is 17.4. The lowest BCUT2D eigenvalue weighted by atomic mass is 10.2. The predicted octanol–water partition coefficient (Wildman–Crippen LogP) is 4.65. The molecule has 0 bridgehead atoms. The minimum Gasteiger partial charge on any atom is -0.486 e. The van der Waals surface area contributed by atoms with Crippen molar-refractivity contribution in [1.82, 2.24) is 19.7 Å². The second-order valence-electron chi connectivity index (χ2n) is 6.34. The first-order valence-electron chi connectivity index (χ1n) is 8.77. The monoisotopic (exact) mass is 376 g/mol. The van der Waals surface area contributed by atoms with Gasteiger partial charge < -0.3 is 4.74 Å². The van der Waals surface area contributed by atoms with Gasteiger partial charge in [0.2, 0.25) is 0 Å². The van der Waals surface area contributed by atoms with E-state index in [9.17, 15) is 0 Å². The number of thiazole rings is 1. The molecule has 0 aliphatic heterocycles. The maximum atomic E-state index is 5.82. The van der Waals surface area contributed by atoms with Crippen molar-refractivity contribution in [3.8, 4) is 17.1 Å². The lowest BCUT2D eigenvalue weighted by Gasteiger charge is -2.05. The van der Waals surface area contributed by atoms with Crippen LogP contribution in [-0.4, -0.2) is 19.7 Å². The zero-order chi connectivity index (χ0) is 18.6. The molecule has 0 fully saturated rings. The van der Waals surface area contributed by atoms with Gasteiger partial charge in [-0.15, -0.1) is 11.3 Å². The molecule has 0 spiro atoms. The van der Waals surface area contributed by atoms with Crippen LogP contribution in [0, 0.1) is 13.8 Å². The van der Waals surface area contributed by atoms with E-state index in [0.717, 1.165) is 33.7 Å². The third kappa shape index (κ3) is 4.23. The Morgan fingerprint density at radius 1 is 0.963 bits per heavy atom. The molecular weight excluding hydrogens is 356 g/mol. The summed E-state index contributed by atoms with van der Waals surface area (Å²) in [7, 11) is 0. The Morgan fingerprint density at radius 3 is 2.52 bits per heavy atom. The molecule has 4 aromatic rings. The molecule has 2 aromatic heterocycles. The molecule has 0 unspecified atom stereocenters. The standard InChI is InChI=1S/C21H20N4OS/c1-15-8-10-19(11-9-15)26-13-20-23-18(14-27-20)12-25-21(22-16(2)24-25)17-6-4-3-5-7-17/h3-11,14H,12-13H2,1-2H3. The van der Waals surface area contributed by atoms with Crippen LogP contribution in [0.5, 0.6) is 5.75 Å². The average molecular weight is 376 g/mol. The molecule has 0 N–H and O–H groups in total. The highest BCUT2D eigenvalue weighted by atomic mass is 32.1. The quantitative estimate of drug-likeness (QED) is 0.492. The highest BCUT2D eigenvalue weighted by Crippen LogP contribution is 2.20. The summed E-state index contributed by atoms with van der Waals surface area (Å²) < 4.78 is 7.73. The second kappa shape index (κ2) is 7.72. The summed E-state index contributed by atoms with van der Waals surface area (Å²) in [4.78, 5) is 9.26. The van der Waals surface area contributed by atoms with Crippen molar-refractivity contribution < 1.29 is 4.74 Å². The van der Waals surface area contributed by atoms with Gasteiger partial charge in [-0.2, -0.15) is 5.10 Å². The first-order chi connectivity index (χ1) is 13.2. The van der Waals surface area contributed by atoms with E-state index in [0.29, 0.717) is 13.2 Å². The van der Waals surface area contributed by atoms with E-state index in [2.05, 4.69) is 27.4 Å². The molecule has 0 radical (unpaired) electrons. The fourth-order valence-electron chi connectivity index (χ4n) is 2.79. The van der Waals surface area contributed by atoms with Crippen molar-refractivity contribution in [3.63, 3.8) is 0 Å². The van der Waals surface area contributed by atoms with Crippen molar-refractivity contribution in [2.24, 2.45) is 0 Å². The zero-order valence-corrected chi connectivity index (χ0v) is 16.1. The van der Waals surface area contributed by atoms with E-state index in [1.165, 1.54) is 5.56 Å². The minimum absolute atomic E-state index is 0.468. The van der Waals surface area contributed by atoms with Crippen molar-refractivity contribution in [1.29, 1.82) is 0 Å². The van der Waals surface area contributed by atoms with Gasteiger partial charge in [-0.05, 0) is 26.0 Å². The van der Waals surface area contributed by atoms with Crippen LogP contribution in [0.1, 0.15) is 22.1 Å². The number of aromatic nitrogens is 4. The van der Waals surface area contributed by atoms with Gasteiger partial charge >= 0.3 is 0 Å². The van der Waals surface area contributed by atoms with E-state index in [-0.39, 0.29) is 0 Å². The molecule has 2 heterocycles. The Bertz CT molecular complexity index is 1020. The maximum absolute atomic E-state index is 5.82. The molecule has 0 atom stereocenters. The number of hydrogen-bond acceptors (Lipinski definition) is 5. The van der Waals surface area contributed by atoms with E-state index in [4.69, 9.17) is 4.74 Å². The minimum atomic E-state index is 0.468. The van der Waals surface area contributed by atoms with Crippen LogP contribution in [0.25, 0.3) is 11.4 Å². The molecular formula is C21H20N4OS. The van der Waals surface area contributed by atoms with E-state index in [1.807, 2.05) is 66.2 Å². The van der Waals surface area contributed by atoms with E-state index >= 15 is 0 Å².